The largest absolute Gasteiger partial charge is 0.497 e. The maximum atomic E-state index is 14.7. The minimum atomic E-state index is -4.17. The molecule has 14 heteroatoms. The zero-order valence-electron chi connectivity index (χ0n) is 23.1. The van der Waals surface area contributed by atoms with Crippen molar-refractivity contribution in [2.45, 2.75) is 30.9 Å². The highest BCUT2D eigenvalue weighted by Crippen LogP contribution is 2.29. The summed E-state index contributed by atoms with van der Waals surface area (Å²) in [5.41, 5.74) is 1.49. The van der Waals surface area contributed by atoms with Crippen LogP contribution in [0.25, 0.3) is 16.6 Å². The molecule has 2 heterocycles. The van der Waals surface area contributed by atoms with Crippen molar-refractivity contribution < 1.29 is 35.6 Å². The second kappa shape index (κ2) is 11.7. The van der Waals surface area contributed by atoms with Gasteiger partial charge in [-0.15, -0.1) is 5.10 Å². The van der Waals surface area contributed by atoms with Gasteiger partial charge in [0.15, 0.2) is 23.0 Å². The molecule has 0 saturated heterocycles. The molecule has 0 bridgehead atoms. The van der Waals surface area contributed by atoms with E-state index < -0.39 is 27.9 Å². The first-order chi connectivity index (χ1) is 20.1. The highest BCUT2D eigenvalue weighted by atomic mass is 32.2. The Morgan fingerprint density at radius 3 is 2.36 bits per heavy atom. The maximum absolute atomic E-state index is 14.7. The zero-order chi connectivity index (χ0) is 30.0. The molecule has 5 rings (SSSR count). The molecule has 1 unspecified atom stereocenters. The molecule has 42 heavy (non-hydrogen) atoms. The SMILES string of the molecule is COc1ccc(CNc2nc3cc(OC)c(F)cc3c3nc(CC(C)OS(=O)(=O)c4ccc(F)cc4)nn23)c(OC)c1. The number of nitrogens with zero attached hydrogens (tertiary/aromatic N) is 4. The van der Waals surface area contributed by atoms with Crippen LogP contribution in [0, 0.1) is 11.6 Å². The molecule has 2 aromatic heterocycles. The Balaban J connectivity index is 1.49. The molecule has 220 valence electrons. The van der Waals surface area contributed by atoms with Gasteiger partial charge in [-0.05, 0) is 49.4 Å². The summed E-state index contributed by atoms with van der Waals surface area (Å²) in [4.78, 5) is 9.02. The van der Waals surface area contributed by atoms with Crippen molar-refractivity contribution in [3.63, 3.8) is 0 Å². The monoisotopic (exact) mass is 599 g/mol. The number of hydrogen-bond donors (Lipinski definition) is 1. The Hall–Kier alpha value is -4.56. The van der Waals surface area contributed by atoms with Crippen LogP contribution in [0.4, 0.5) is 14.7 Å². The van der Waals surface area contributed by atoms with Crippen LogP contribution in [0.1, 0.15) is 18.3 Å². The van der Waals surface area contributed by atoms with Crippen LogP contribution in [-0.4, -0.2) is 55.4 Å². The molecule has 0 aliphatic carbocycles. The van der Waals surface area contributed by atoms with Crippen molar-refractivity contribution in [2.75, 3.05) is 26.6 Å². The van der Waals surface area contributed by atoms with E-state index in [-0.39, 0.29) is 41.0 Å². The molecular formula is C28H27F2N5O6S. The van der Waals surface area contributed by atoms with Crippen molar-refractivity contribution in [3.8, 4) is 17.2 Å². The molecule has 0 aliphatic rings. The van der Waals surface area contributed by atoms with Crippen LogP contribution in [0.3, 0.4) is 0 Å². The molecular weight excluding hydrogens is 572 g/mol. The van der Waals surface area contributed by atoms with Gasteiger partial charge < -0.3 is 19.5 Å². The first-order valence-electron chi connectivity index (χ1n) is 12.7. The van der Waals surface area contributed by atoms with Gasteiger partial charge in [0, 0.05) is 36.0 Å². The average Bonchev–Trinajstić information content (AvgIpc) is 3.39. The van der Waals surface area contributed by atoms with Crippen molar-refractivity contribution in [1.82, 2.24) is 19.6 Å². The third-order valence-corrected chi connectivity index (χ3v) is 7.81. The fraction of sp³-hybridized carbons (Fsp3) is 0.250. The summed E-state index contributed by atoms with van der Waals surface area (Å²) in [6.45, 7) is 1.83. The quantitative estimate of drug-likeness (QED) is 0.217. The van der Waals surface area contributed by atoms with Gasteiger partial charge in [0.1, 0.15) is 17.3 Å². The first kappa shape index (κ1) is 29.0. The van der Waals surface area contributed by atoms with E-state index in [0.29, 0.717) is 22.4 Å². The number of benzene rings is 3. The van der Waals surface area contributed by atoms with E-state index in [4.69, 9.17) is 18.4 Å². The predicted molar refractivity (Wildman–Crippen MR) is 150 cm³/mol. The third kappa shape index (κ3) is 5.90. The summed E-state index contributed by atoms with van der Waals surface area (Å²) in [6, 6.07) is 12.4. The number of ether oxygens (including phenoxy) is 3. The molecule has 1 atom stereocenters. The van der Waals surface area contributed by atoms with Gasteiger partial charge >= 0.3 is 0 Å². The summed E-state index contributed by atoms with van der Waals surface area (Å²) in [5.74, 6) is 0.576. The molecule has 11 nitrogen and oxygen atoms in total. The van der Waals surface area contributed by atoms with E-state index in [2.05, 4.69) is 20.4 Å². The number of methoxy groups -OCH3 is 3. The van der Waals surface area contributed by atoms with Crippen molar-refractivity contribution in [2.24, 2.45) is 0 Å². The number of rotatable bonds is 11. The predicted octanol–water partition coefficient (Wildman–Crippen LogP) is 4.53. The fourth-order valence-electron chi connectivity index (χ4n) is 4.35. The Kier molecular flexibility index (Phi) is 8.09. The third-order valence-electron chi connectivity index (χ3n) is 6.38. The number of aromatic nitrogens is 4. The topological polar surface area (TPSA) is 126 Å². The molecule has 5 aromatic rings. The molecule has 0 saturated carbocycles. The summed E-state index contributed by atoms with van der Waals surface area (Å²) in [7, 11) is 0.296. The lowest BCUT2D eigenvalue weighted by molar-refractivity contribution is 0.226. The van der Waals surface area contributed by atoms with E-state index in [1.165, 1.54) is 23.8 Å². The van der Waals surface area contributed by atoms with Gasteiger partial charge in [-0.25, -0.2) is 18.7 Å². The Morgan fingerprint density at radius 2 is 1.67 bits per heavy atom. The van der Waals surface area contributed by atoms with E-state index in [0.717, 1.165) is 29.8 Å². The Bertz CT molecular complexity index is 1870. The molecule has 1 N–H and O–H groups in total. The van der Waals surface area contributed by atoms with E-state index in [1.807, 2.05) is 6.07 Å². The summed E-state index contributed by atoms with van der Waals surface area (Å²) in [6.07, 6.45) is -0.887. The minimum absolute atomic E-state index is 0.00597. The van der Waals surface area contributed by atoms with Gasteiger partial charge in [-0.1, -0.05) is 0 Å². The van der Waals surface area contributed by atoms with Gasteiger partial charge in [-0.3, -0.25) is 4.18 Å². The van der Waals surface area contributed by atoms with Crippen LogP contribution >= 0.6 is 0 Å². The number of anilines is 1. The van der Waals surface area contributed by atoms with Gasteiger partial charge in [0.25, 0.3) is 10.1 Å². The van der Waals surface area contributed by atoms with Gasteiger partial charge in [-0.2, -0.15) is 12.9 Å². The first-order valence-corrected chi connectivity index (χ1v) is 14.1. The van der Waals surface area contributed by atoms with Gasteiger partial charge in [0.05, 0.1) is 37.8 Å². The Labute approximate surface area is 240 Å². The summed E-state index contributed by atoms with van der Waals surface area (Å²) in [5, 5.41) is 8.12. The standard InChI is InChI=1S/C28H27F2N5O6S/c1-16(41-42(36,37)20-9-6-18(29)7-10-20)11-26-33-27-21-13-22(30)25(40-4)14-23(21)32-28(35(27)34-26)31-15-17-5-8-19(38-2)12-24(17)39-3/h5-10,12-14,16H,11,15H2,1-4H3,(H,31,32). The van der Waals surface area contributed by atoms with Crippen molar-refractivity contribution in [1.29, 1.82) is 0 Å². The van der Waals surface area contributed by atoms with Crippen LogP contribution in [-0.2, 0) is 27.3 Å². The fourth-order valence-corrected chi connectivity index (χ4v) is 5.43. The van der Waals surface area contributed by atoms with Crippen molar-refractivity contribution >= 4 is 32.6 Å². The second-order valence-corrected chi connectivity index (χ2v) is 10.8. The Morgan fingerprint density at radius 1 is 0.929 bits per heavy atom. The molecule has 0 spiro atoms. The summed E-state index contributed by atoms with van der Waals surface area (Å²) < 4.78 is 75.9. The number of fused-ring (bicyclic) bond motifs is 3. The van der Waals surface area contributed by atoms with E-state index in [1.54, 1.807) is 33.3 Å². The van der Waals surface area contributed by atoms with E-state index in [9.17, 15) is 17.2 Å². The second-order valence-electron chi connectivity index (χ2n) is 9.25. The highest BCUT2D eigenvalue weighted by Gasteiger charge is 2.22. The highest BCUT2D eigenvalue weighted by molar-refractivity contribution is 7.86. The molecule has 3 aromatic carbocycles. The smallest absolute Gasteiger partial charge is 0.297 e. The number of nitrogens with one attached hydrogen (secondary N) is 1. The zero-order valence-corrected chi connectivity index (χ0v) is 23.9. The van der Waals surface area contributed by atoms with Gasteiger partial charge in [0.2, 0.25) is 5.95 Å². The molecule has 0 amide bonds. The minimum Gasteiger partial charge on any atom is -0.497 e. The van der Waals surface area contributed by atoms with E-state index >= 15 is 0 Å². The van der Waals surface area contributed by atoms with Crippen molar-refractivity contribution in [3.05, 3.63) is 77.6 Å². The van der Waals surface area contributed by atoms with Crippen LogP contribution in [0.2, 0.25) is 0 Å². The maximum Gasteiger partial charge on any atom is 0.297 e. The number of hydrogen-bond acceptors (Lipinski definition) is 10. The van der Waals surface area contributed by atoms with Crippen LogP contribution < -0.4 is 19.5 Å². The summed E-state index contributed by atoms with van der Waals surface area (Å²) >= 11 is 0. The number of halogens is 2. The van der Waals surface area contributed by atoms with Crippen LogP contribution in [0.15, 0.2) is 59.5 Å². The molecule has 0 aliphatic heterocycles. The lowest BCUT2D eigenvalue weighted by Gasteiger charge is -2.13. The molecule has 0 fully saturated rings. The lowest BCUT2D eigenvalue weighted by atomic mass is 10.2. The normalized spacial score (nSPS) is 12.4. The lowest BCUT2D eigenvalue weighted by Crippen LogP contribution is -2.18. The van der Waals surface area contributed by atoms with Crippen LogP contribution in [0.5, 0.6) is 17.2 Å². The average molecular weight is 600 g/mol. The molecule has 0 radical (unpaired) electrons.